The smallest absolute Gasteiger partial charge is 0.243 e. The van der Waals surface area contributed by atoms with Crippen LogP contribution < -0.4 is 5.32 Å². The minimum absolute atomic E-state index is 0.122. The van der Waals surface area contributed by atoms with Crippen molar-refractivity contribution in [1.29, 1.82) is 0 Å². The third kappa shape index (κ3) is 4.28. The number of hydrogen-bond acceptors (Lipinski definition) is 3. The van der Waals surface area contributed by atoms with Crippen molar-refractivity contribution in [2.45, 2.75) is 37.1 Å². The fraction of sp³-hybridized carbons (Fsp3) is 0.286. The Balaban J connectivity index is 1.64. The average molecular weight is 511 g/mol. The summed E-state index contributed by atoms with van der Waals surface area (Å²) in [7, 11) is -3.74. The molecule has 2 heterocycles. The van der Waals surface area contributed by atoms with Crippen LogP contribution in [0.4, 0.5) is 10.1 Å². The maximum Gasteiger partial charge on any atom is 0.243 e. The Morgan fingerprint density at radius 1 is 1.09 bits per heavy atom. The van der Waals surface area contributed by atoms with Crippen LogP contribution in [0.25, 0.3) is 6.08 Å². The number of halogens is 2. The highest BCUT2D eigenvalue weighted by atomic mass is 35.5. The van der Waals surface area contributed by atoms with Crippen LogP contribution in [0.2, 0.25) is 5.02 Å². The van der Waals surface area contributed by atoms with Crippen LogP contribution in [0.15, 0.2) is 77.2 Å². The molecule has 0 saturated carbocycles. The van der Waals surface area contributed by atoms with Crippen LogP contribution in [0.1, 0.15) is 30.5 Å². The Labute approximate surface area is 211 Å². The summed E-state index contributed by atoms with van der Waals surface area (Å²) in [6.45, 7) is 6.62. The van der Waals surface area contributed by atoms with Crippen molar-refractivity contribution in [2.24, 2.45) is 5.92 Å². The molecule has 0 bridgehead atoms. The number of nitrogens with one attached hydrogen (secondary N) is 1. The number of rotatable bonds is 3. The van der Waals surface area contributed by atoms with Gasteiger partial charge in [-0.2, -0.15) is 4.31 Å². The molecule has 1 saturated heterocycles. The second-order valence-corrected chi connectivity index (χ2v) is 12.3. The Bertz CT molecular complexity index is 1420. The molecule has 35 heavy (non-hydrogen) atoms. The molecule has 1 N–H and O–H groups in total. The van der Waals surface area contributed by atoms with Gasteiger partial charge >= 0.3 is 0 Å². The minimum atomic E-state index is -3.74. The third-order valence-corrected chi connectivity index (χ3v) is 9.55. The summed E-state index contributed by atoms with van der Waals surface area (Å²) in [5, 5.41) is 4.20. The number of aryl methyl sites for hydroxylation is 1. The standard InChI is InChI=1S/C28H28ClFN2O2S/c1-18-8-11-22(12-9-18)35(33,34)32-16-20(14-19-6-4-5-7-25(19)29)27-24(17-32)28(2,3)23-15-21(30)10-13-26(23)31-27/h4-15,24,27,31H,16-17H2,1-3H3/b20-14+/t24-,27+/m1/s1. The lowest BCUT2D eigenvalue weighted by molar-refractivity contribution is 0.202. The van der Waals surface area contributed by atoms with Crippen LogP contribution in [0, 0.1) is 18.7 Å². The number of anilines is 1. The highest BCUT2D eigenvalue weighted by Gasteiger charge is 2.49. The van der Waals surface area contributed by atoms with E-state index in [-0.39, 0.29) is 29.2 Å². The van der Waals surface area contributed by atoms with Crippen molar-refractivity contribution in [1.82, 2.24) is 4.31 Å². The number of benzene rings is 3. The molecule has 2 atom stereocenters. The monoisotopic (exact) mass is 510 g/mol. The van der Waals surface area contributed by atoms with Crippen LogP contribution in [-0.4, -0.2) is 31.9 Å². The lowest BCUT2D eigenvalue weighted by Crippen LogP contribution is -2.58. The summed E-state index contributed by atoms with van der Waals surface area (Å²) < 4.78 is 43.3. The van der Waals surface area contributed by atoms with Gasteiger partial charge in [0.2, 0.25) is 10.0 Å². The van der Waals surface area contributed by atoms with E-state index in [0.717, 1.165) is 28.0 Å². The van der Waals surface area contributed by atoms with Crippen LogP contribution >= 0.6 is 11.6 Å². The molecule has 0 spiro atoms. The van der Waals surface area contributed by atoms with Gasteiger partial charge in [0.05, 0.1) is 10.9 Å². The van der Waals surface area contributed by atoms with E-state index >= 15 is 0 Å². The van der Waals surface area contributed by atoms with Gasteiger partial charge in [0.15, 0.2) is 0 Å². The van der Waals surface area contributed by atoms with E-state index in [0.29, 0.717) is 11.6 Å². The topological polar surface area (TPSA) is 49.4 Å². The van der Waals surface area contributed by atoms with Crippen molar-refractivity contribution >= 4 is 33.4 Å². The van der Waals surface area contributed by atoms with Gasteiger partial charge < -0.3 is 5.32 Å². The van der Waals surface area contributed by atoms with Gasteiger partial charge in [0, 0.05) is 29.7 Å². The van der Waals surface area contributed by atoms with Crippen molar-refractivity contribution in [3.63, 3.8) is 0 Å². The van der Waals surface area contributed by atoms with E-state index in [1.807, 2.05) is 49.4 Å². The maximum atomic E-state index is 14.2. The minimum Gasteiger partial charge on any atom is -0.378 e. The fourth-order valence-corrected chi connectivity index (χ4v) is 6.94. The molecule has 0 aliphatic carbocycles. The predicted molar refractivity (Wildman–Crippen MR) is 140 cm³/mol. The molecule has 5 rings (SSSR count). The highest BCUT2D eigenvalue weighted by molar-refractivity contribution is 7.89. The lowest BCUT2D eigenvalue weighted by atomic mass is 9.64. The molecule has 0 unspecified atom stereocenters. The highest BCUT2D eigenvalue weighted by Crippen LogP contribution is 2.48. The molecule has 4 nitrogen and oxygen atoms in total. The number of sulfonamides is 1. The van der Waals surface area contributed by atoms with E-state index in [1.165, 1.54) is 6.07 Å². The van der Waals surface area contributed by atoms with E-state index in [2.05, 4.69) is 19.2 Å². The first-order chi connectivity index (χ1) is 16.6. The summed E-state index contributed by atoms with van der Waals surface area (Å²) in [6, 6.07) is 19.1. The van der Waals surface area contributed by atoms with E-state index in [4.69, 9.17) is 11.6 Å². The normalized spacial score (nSPS) is 22.8. The van der Waals surface area contributed by atoms with Gasteiger partial charge in [0.25, 0.3) is 0 Å². The second kappa shape index (κ2) is 8.77. The zero-order valence-electron chi connectivity index (χ0n) is 19.9. The molecule has 182 valence electrons. The van der Waals surface area contributed by atoms with Gasteiger partial charge in [-0.15, -0.1) is 0 Å². The Morgan fingerprint density at radius 2 is 1.80 bits per heavy atom. The number of nitrogens with zero attached hydrogens (tertiary/aromatic N) is 1. The fourth-order valence-electron chi connectivity index (χ4n) is 5.30. The molecular weight excluding hydrogens is 483 g/mol. The molecule has 3 aromatic carbocycles. The van der Waals surface area contributed by atoms with Gasteiger partial charge in [-0.1, -0.05) is 67.4 Å². The molecular formula is C28H28ClFN2O2S. The summed E-state index contributed by atoms with van der Waals surface area (Å²) in [5.41, 5.74) is 4.00. The maximum absolute atomic E-state index is 14.2. The van der Waals surface area contributed by atoms with Gasteiger partial charge in [-0.05, 0) is 65.4 Å². The molecule has 3 aromatic rings. The van der Waals surface area contributed by atoms with Crippen molar-refractivity contribution in [3.8, 4) is 0 Å². The number of hydrogen-bond donors (Lipinski definition) is 1. The summed E-state index contributed by atoms with van der Waals surface area (Å²) in [4.78, 5) is 0.270. The largest absolute Gasteiger partial charge is 0.378 e. The SMILES string of the molecule is Cc1ccc(S(=O)(=O)N2C/C(=C\c3ccccc3Cl)[C@@H]3Nc4ccc(F)cc4C(C)(C)[C@@H]3C2)cc1. The number of piperidine rings is 1. The van der Waals surface area contributed by atoms with Crippen LogP contribution in [0.3, 0.4) is 0 Å². The summed E-state index contributed by atoms with van der Waals surface area (Å²) >= 11 is 6.47. The zero-order chi connectivity index (χ0) is 25.0. The molecule has 0 aromatic heterocycles. The van der Waals surface area contributed by atoms with Gasteiger partial charge in [-0.3, -0.25) is 0 Å². The van der Waals surface area contributed by atoms with Crippen molar-refractivity contribution < 1.29 is 12.8 Å². The molecule has 0 amide bonds. The van der Waals surface area contributed by atoms with Crippen molar-refractivity contribution in [3.05, 3.63) is 99.8 Å². The first-order valence-corrected chi connectivity index (χ1v) is 13.5. The van der Waals surface area contributed by atoms with Gasteiger partial charge in [-0.25, -0.2) is 12.8 Å². The van der Waals surface area contributed by atoms with E-state index in [9.17, 15) is 12.8 Å². The zero-order valence-corrected chi connectivity index (χ0v) is 21.5. The molecule has 1 fully saturated rings. The molecule has 2 aliphatic rings. The summed E-state index contributed by atoms with van der Waals surface area (Å²) in [5.74, 6) is -0.427. The second-order valence-electron chi connectivity index (χ2n) is 9.99. The van der Waals surface area contributed by atoms with Crippen LogP contribution in [-0.2, 0) is 15.4 Å². The Hall–Kier alpha value is -2.67. The molecule has 2 aliphatic heterocycles. The third-order valence-electron chi connectivity index (χ3n) is 7.38. The quantitative estimate of drug-likeness (QED) is 0.452. The average Bonchev–Trinajstić information content (AvgIpc) is 2.82. The van der Waals surface area contributed by atoms with Crippen molar-refractivity contribution in [2.75, 3.05) is 18.4 Å². The summed E-state index contributed by atoms with van der Waals surface area (Å²) in [6.07, 6.45) is 1.99. The predicted octanol–water partition coefficient (Wildman–Crippen LogP) is 6.26. The van der Waals surface area contributed by atoms with Crippen LogP contribution in [0.5, 0.6) is 0 Å². The number of fused-ring (bicyclic) bond motifs is 2. The first-order valence-electron chi connectivity index (χ1n) is 11.7. The van der Waals surface area contributed by atoms with E-state index in [1.54, 1.807) is 28.6 Å². The Kier molecular flexibility index (Phi) is 6.02. The van der Waals surface area contributed by atoms with Gasteiger partial charge in [0.1, 0.15) is 5.82 Å². The lowest BCUT2D eigenvalue weighted by Gasteiger charge is -2.51. The first kappa shape index (κ1) is 24.0. The molecule has 7 heteroatoms. The molecule has 0 radical (unpaired) electrons. The Morgan fingerprint density at radius 3 is 2.51 bits per heavy atom. The van der Waals surface area contributed by atoms with E-state index < -0.39 is 15.4 Å².